The molecule has 23 heavy (non-hydrogen) atoms. The molecule has 128 valence electrons. The van der Waals surface area contributed by atoms with Gasteiger partial charge >= 0.3 is 0 Å². The molecule has 1 N–H and O–H groups in total. The highest BCUT2D eigenvalue weighted by molar-refractivity contribution is 7.09. The fraction of sp³-hybridized carbons (Fsp3) is 0.812. The lowest BCUT2D eigenvalue weighted by Gasteiger charge is -2.36. The minimum atomic E-state index is 0.911. The zero-order chi connectivity index (χ0) is 16.1. The van der Waals surface area contributed by atoms with Gasteiger partial charge in [-0.3, -0.25) is 4.99 Å². The molecule has 1 saturated heterocycles. The summed E-state index contributed by atoms with van der Waals surface area (Å²) in [4.78, 5) is 13.7. The van der Waals surface area contributed by atoms with Crippen molar-refractivity contribution in [1.82, 2.24) is 19.6 Å². The number of aryl methyl sites for hydroxylation is 1. The molecule has 7 heteroatoms. The quantitative estimate of drug-likeness (QED) is 0.489. The molecular formula is C16H28N6S. The standard InChI is InChI=1S/C16H28N6S/c1-3-14-19-16(23-20-14)22-11-9-21(10-12-22)15(17-2)18-8-4-5-13-6-7-13/h13H,3-12H2,1-2H3,(H,17,18). The first-order valence-corrected chi connectivity index (χ1v) is 9.60. The van der Waals surface area contributed by atoms with Crippen molar-refractivity contribution < 1.29 is 0 Å². The second-order valence-electron chi connectivity index (χ2n) is 6.38. The molecule has 0 amide bonds. The maximum atomic E-state index is 4.59. The third-order valence-corrected chi connectivity index (χ3v) is 5.42. The molecule has 1 saturated carbocycles. The van der Waals surface area contributed by atoms with Crippen LogP contribution in [0.4, 0.5) is 5.13 Å². The largest absolute Gasteiger partial charge is 0.356 e. The second-order valence-corrected chi connectivity index (χ2v) is 7.11. The van der Waals surface area contributed by atoms with E-state index in [-0.39, 0.29) is 0 Å². The van der Waals surface area contributed by atoms with E-state index >= 15 is 0 Å². The van der Waals surface area contributed by atoms with Crippen LogP contribution in [0.5, 0.6) is 0 Å². The second kappa shape index (κ2) is 7.95. The van der Waals surface area contributed by atoms with E-state index in [1.54, 1.807) is 0 Å². The summed E-state index contributed by atoms with van der Waals surface area (Å²) < 4.78 is 4.39. The Bertz CT molecular complexity index is 516. The normalized spacial score (nSPS) is 19.3. The summed E-state index contributed by atoms with van der Waals surface area (Å²) in [5.74, 6) is 3.02. The average molecular weight is 337 g/mol. The van der Waals surface area contributed by atoms with Gasteiger partial charge in [0.1, 0.15) is 5.82 Å². The summed E-state index contributed by atoms with van der Waals surface area (Å²) in [6.45, 7) is 7.09. The Morgan fingerprint density at radius 2 is 2.09 bits per heavy atom. The Kier molecular flexibility index (Phi) is 5.70. The number of hydrogen-bond donors (Lipinski definition) is 1. The van der Waals surface area contributed by atoms with E-state index < -0.39 is 0 Å². The predicted octanol–water partition coefficient (Wildman–Crippen LogP) is 1.99. The van der Waals surface area contributed by atoms with E-state index in [0.29, 0.717) is 0 Å². The molecule has 6 nitrogen and oxygen atoms in total. The highest BCUT2D eigenvalue weighted by atomic mass is 32.1. The fourth-order valence-electron chi connectivity index (χ4n) is 2.96. The highest BCUT2D eigenvalue weighted by Gasteiger charge is 2.23. The number of piperazine rings is 1. The first-order valence-electron chi connectivity index (χ1n) is 8.83. The molecule has 2 fully saturated rings. The summed E-state index contributed by atoms with van der Waals surface area (Å²) in [6, 6.07) is 0. The van der Waals surface area contributed by atoms with E-state index in [9.17, 15) is 0 Å². The molecule has 1 aromatic rings. The molecule has 2 heterocycles. The smallest absolute Gasteiger partial charge is 0.205 e. The molecule has 2 aliphatic rings. The molecule has 0 unspecified atom stereocenters. The topological polar surface area (TPSA) is 56.7 Å². The Hall–Kier alpha value is -1.37. The lowest BCUT2D eigenvalue weighted by molar-refractivity contribution is 0.372. The van der Waals surface area contributed by atoms with Crippen molar-refractivity contribution in [3.8, 4) is 0 Å². The monoisotopic (exact) mass is 336 g/mol. The number of anilines is 1. The molecule has 0 bridgehead atoms. The van der Waals surface area contributed by atoms with Gasteiger partial charge in [-0.25, -0.2) is 4.98 Å². The van der Waals surface area contributed by atoms with Crippen molar-refractivity contribution >= 4 is 22.6 Å². The number of aromatic nitrogens is 2. The first-order chi connectivity index (χ1) is 11.3. The van der Waals surface area contributed by atoms with Crippen molar-refractivity contribution in [2.24, 2.45) is 10.9 Å². The van der Waals surface area contributed by atoms with Gasteiger partial charge in [-0.1, -0.05) is 19.8 Å². The summed E-state index contributed by atoms with van der Waals surface area (Å²) in [7, 11) is 1.88. The van der Waals surface area contributed by atoms with Crippen LogP contribution in [0.15, 0.2) is 4.99 Å². The molecule has 0 aromatic carbocycles. The van der Waals surface area contributed by atoms with E-state index in [2.05, 4.69) is 36.4 Å². The summed E-state index contributed by atoms with van der Waals surface area (Å²) in [6.07, 6.45) is 6.43. The summed E-state index contributed by atoms with van der Waals surface area (Å²) in [5, 5.41) is 4.59. The average Bonchev–Trinajstić information content (AvgIpc) is 3.29. The number of guanidine groups is 1. The Morgan fingerprint density at radius 1 is 1.30 bits per heavy atom. The van der Waals surface area contributed by atoms with Gasteiger partial charge in [0.2, 0.25) is 5.13 Å². The van der Waals surface area contributed by atoms with Gasteiger partial charge in [-0.2, -0.15) is 4.37 Å². The number of nitrogens with one attached hydrogen (secondary N) is 1. The van der Waals surface area contributed by atoms with Gasteiger partial charge in [0.05, 0.1) is 0 Å². The number of hydrogen-bond acceptors (Lipinski definition) is 5. The Balaban J connectivity index is 1.42. The van der Waals surface area contributed by atoms with E-state index in [4.69, 9.17) is 0 Å². The lowest BCUT2D eigenvalue weighted by Crippen LogP contribution is -2.52. The summed E-state index contributed by atoms with van der Waals surface area (Å²) in [5.41, 5.74) is 0. The molecular weight excluding hydrogens is 308 g/mol. The molecule has 1 aliphatic carbocycles. The van der Waals surface area contributed by atoms with Crippen LogP contribution in [-0.2, 0) is 6.42 Å². The Labute approximate surface area is 143 Å². The predicted molar refractivity (Wildman–Crippen MR) is 96.4 cm³/mol. The molecule has 0 spiro atoms. The van der Waals surface area contributed by atoms with E-state index in [1.807, 2.05) is 7.05 Å². The van der Waals surface area contributed by atoms with Crippen molar-refractivity contribution in [2.45, 2.75) is 39.0 Å². The van der Waals surface area contributed by atoms with E-state index in [0.717, 1.165) is 62.0 Å². The molecule has 0 atom stereocenters. The SMILES string of the molecule is CCc1nsc(N2CCN(C(=NC)NCCCC3CC3)CC2)n1. The number of aliphatic imine (C=N–C) groups is 1. The van der Waals surface area contributed by atoms with Gasteiger partial charge in [-0.05, 0) is 18.8 Å². The van der Waals surface area contributed by atoms with Gasteiger partial charge in [-0.15, -0.1) is 0 Å². The maximum absolute atomic E-state index is 4.59. The molecule has 1 aliphatic heterocycles. The van der Waals surface area contributed by atoms with Gasteiger partial charge in [0.25, 0.3) is 0 Å². The van der Waals surface area contributed by atoms with Gasteiger partial charge in [0, 0.05) is 57.7 Å². The van der Waals surface area contributed by atoms with Crippen LogP contribution in [0.3, 0.4) is 0 Å². The summed E-state index contributed by atoms with van der Waals surface area (Å²) >= 11 is 1.52. The zero-order valence-electron chi connectivity index (χ0n) is 14.3. The number of rotatable bonds is 6. The highest BCUT2D eigenvalue weighted by Crippen LogP contribution is 2.33. The van der Waals surface area contributed by atoms with Crippen molar-refractivity contribution in [1.29, 1.82) is 0 Å². The van der Waals surface area contributed by atoms with Crippen LogP contribution in [-0.4, -0.2) is 60.0 Å². The minimum absolute atomic E-state index is 0.911. The van der Waals surface area contributed by atoms with Crippen molar-refractivity contribution in [3.05, 3.63) is 5.82 Å². The molecule has 1 aromatic heterocycles. The van der Waals surface area contributed by atoms with Crippen LogP contribution < -0.4 is 10.2 Å². The molecule has 3 rings (SSSR count). The van der Waals surface area contributed by atoms with E-state index in [1.165, 1.54) is 37.2 Å². The third-order valence-electron chi connectivity index (χ3n) is 4.60. The van der Waals surface area contributed by atoms with Crippen molar-refractivity contribution in [2.75, 3.05) is 44.7 Å². The molecule has 0 radical (unpaired) electrons. The fourth-order valence-corrected chi connectivity index (χ4v) is 3.76. The first kappa shape index (κ1) is 16.5. The van der Waals surface area contributed by atoms with Crippen LogP contribution in [0.2, 0.25) is 0 Å². The van der Waals surface area contributed by atoms with Crippen LogP contribution in [0.25, 0.3) is 0 Å². The number of nitrogens with zero attached hydrogens (tertiary/aromatic N) is 5. The van der Waals surface area contributed by atoms with Crippen LogP contribution >= 0.6 is 11.5 Å². The van der Waals surface area contributed by atoms with Gasteiger partial charge in [0.15, 0.2) is 5.96 Å². The van der Waals surface area contributed by atoms with Gasteiger partial charge < -0.3 is 15.1 Å². The van der Waals surface area contributed by atoms with Crippen LogP contribution in [0, 0.1) is 5.92 Å². The minimum Gasteiger partial charge on any atom is -0.356 e. The Morgan fingerprint density at radius 3 is 2.70 bits per heavy atom. The lowest BCUT2D eigenvalue weighted by atomic mass is 10.2. The third kappa shape index (κ3) is 4.56. The van der Waals surface area contributed by atoms with Crippen molar-refractivity contribution in [3.63, 3.8) is 0 Å². The maximum Gasteiger partial charge on any atom is 0.205 e. The van der Waals surface area contributed by atoms with Crippen LogP contribution in [0.1, 0.15) is 38.4 Å². The zero-order valence-corrected chi connectivity index (χ0v) is 15.1.